The normalized spacial score (nSPS) is 33.0. The van der Waals surface area contributed by atoms with Gasteiger partial charge in [0.2, 0.25) is 11.7 Å². The summed E-state index contributed by atoms with van der Waals surface area (Å²) >= 11 is 0. The third-order valence-corrected chi connectivity index (χ3v) is 7.33. The zero-order valence-electron chi connectivity index (χ0n) is 22.1. The summed E-state index contributed by atoms with van der Waals surface area (Å²) in [5, 5.41) is 101. The monoisotopic (exact) mass is 610 g/mol. The van der Waals surface area contributed by atoms with Crippen molar-refractivity contribution >= 4 is 11.0 Å². The van der Waals surface area contributed by atoms with E-state index >= 15 is 0 Å². The van der Waals surface area contributed by atoms with Gasteiger partial charge in [0.1, 0.15) is 71.5 Å². The number of aliphatic hydroxyl groups is 7. The molecule has 43 heavy (non-hydrogen) atoms. The van der Waals surface area contributed by atoms with Crippen molar-refractivity contribution in [2.75, 3.05) is 13.2 Å². The largest absolute Gasteiger partial charge is 0.507 e. The third kappa shape index (κ3) is 5.73. The quantitative estimate of drug-likeness (QED) is 0.125. The van der Waals surface area contributed by atoms with Crippen LogP contribution in [0.15, 0.2) is 45.8 Å². The predicted octanol–water partition coefficient (Wildman–Crippen LogP) is -2.42. The second-order valence-electron chi connectivity index (χ2n) is 10.1. The number of hydrogen-bond donors (Lipinski definition) is 10. The van der Waals surface area contributed by atoms with E-state index in [4.69, 9.17) is 23.4 Å². The highest BCUT2D eigenvalue weighted by atomic mass is 16.8. The summed E-state index contributed by atoms with van der Waals surface area (Å²) in [6.45, 7) is -1.53. The number of fused-ring (bicyclic) bond motifs is 1. The van der Waals surface area contributed by atoms with E-state index in [0.717, 1.165) is 18.4 Å². The molecule has 2 aliphatic rings. The molecule has 2 fully saturated rings. The molecule has 234 valence electrons. The first-order valence-electron chi connectivity index (χ1n) is 13.0. The van der Waals surface area contributed by atoms with E-state index in [-0.39, 0.29) is 27.8 Å². The third-order valence-electron chi connectivity index (χ3n) is 7.33. The molecular formula is C27H30O16. The van der Waals surface area contributed by atoms with E-state index in [1.165, 1.54) is 18.2 Å². The molecule has 3 heterocycles. The SMILES string of the molecule is O=c1c(-c2ccc(O)c(O)c2)coc2cc(O[C@@H]3O[C@H](CO)[C@@H](O)[C@H](O)[C@H]3O[C@@H]3O[C@H](CO)[C@@H](O)[C@H](O)[C@@H]3O)cc(O)c12. The van der Waals surface area contributed by atoms with Gasteiger partial charge in [0.25, 0.3) is 0 Å². The van der Waals surface area contributed by atoms with Gasteiger partial charge in [-0.05, 0) is 17.7 Å². The van der Waals surface area contributed by atoms with Gasteiger partial charge in [0.15, 0.2) is 23.9 Å². The average Bonchev–Trinajstić information content (AvgIpc) is 2.98. The molecule has 16 nitrogen and oxygen atoms in total. The Kier molecular flexibility index (Phi) is 8.77. The van der Waals surface area contributed by atoms with Crippen molar-refractivity contribution in [1.29, 1.82) is 0 Å². The summed E-state index contributed by atoms with van der Waals surface area (Å²) in [5.74, 6) is -1.69. The Morgan fingerprint density at radius 3 is 2.02 bits per heavy atom. The topological polar surface area (TPSA) is 269 Å². The van der Waals surface area contributed by atoms with Gasteiger partial charge >= 0.3 is 0 Å². The van der Waals surface area contributed by atoms with Crippen LogP contribution in [0, 0.1) is 0 Å². The Bertz CT molecular complexity index is 1510. The number of hydrogen-bond acceptors (Lipinski definition) is 16. The molecule has 10 N–H and O–H groups in total. The molecule has 5 rings (SSSR count). The molecule has 0 unspecified atom stereocenters. The Morgan fingerprint density at radius 1 is 0.721 bits per heavy atom. The predicted molar refractivity (Wildman–Crippen MR) is 140 cm³/mol. The number of benzene rings is 2. The summed E-state index contributed by atoms with van der Waals surface area (Å²) in [4.78, 5) is 13.2. The van der Waals surface area contributed by atoms with Crippen LogP contribution >= 0.6 is 0 Å². The summed E-state index contributed by atoms with van der Waals surface area (Å²) in [6, 6.07) is 5.86. The van der Waals surface area contributed by atoms with Crippen molar-refractivity contribution < 1.29 is 74.4 Å². The Balaban J connectivity index is 1.45. The highest BCUT2D eigenvalue weighted by molar-refractivity contribution is 5.88. The van der Waals surface area contributed by atoms with Crippen molar-refractivity contribution in [2.45, 2.75) is 61.4 Å². The van der Waals surface area contributed by atoms with Crippen molar-refractivity contribution in [1.82, 2.24) is 0 Å². The van der Waals surface area contributed by atoms with Crippen molar-refractivity contribution in [2.24, 2.45) is 0 Å². The van der Waals surface area contributed by atoms with Crippen LogP contribution in [0.1, 0.15) is 0 Å². The molecule has 16 heteroatoms. The second kappa shape index (κ2) is 12.2. The van der Waals surface area contributed by atoms with Gasteiger partial charge in [-0.2, -0.15) is 0 Å². The van der Waals surface area contributed by atoms with Crippen molar-refractivity contribution in [3.05, 3.63) is 46.8 Å². The maximum Gasteiger partial charge on any atom is 0.229 e. The maximum absolute atomic E-state index is 13.2. The number of rotatable bonds is 7. The second-order valence-corrected chi connectivity index (χ2v) is 10.1. The van der Waals surface area contributed by atoms with Crippen LogP contribution < -0.4 is 10.2 Å². The Hall–Kier alpha value is -3.55. The number of aromatic hydroxyl groups is 3. The van der Waals surface area contributed by atoms with E-state index in [1.54, 1.807) is 0 Å². The Labute approximate surface area is 241 Å². The van der Waals surface area contributed by atoms with Gasteiger partial charge in [-0.3, -0.25) is 4.79 Å². The van der Waals surface area contributed by atoms with Crippen LogP contribution in [0.2, 0.25) is 0 Å². The van der Waals surface area contributed by atoms with Gasteiger partial charge in [0, 0.05) is 12.1 Å². The summed E-state index contributed by atoms with van der Waals surface area (Å²) in [7, 11) is 0. The lowest BCUT2D eigenvalue weighted by molar-refractivity contribution is -0.357. The molecule has 1 aromatic heterocycles. The van der Waals surface area contributed by atoms with Crippen molar-refractivity contribution in [3.63, 3.8) is 0 Å². The van der Waals surface area contributed by atoms with E-state index in [2.05, 4.69) is 0 Å². The molecule has 0 saturated carbocycles. The van der Waals surface area contributed by atoms with Gasteiger partial charge in [-0.15, -0.1) is 0 Å². The van der Waals surface area contributed by atoms with E-state index in [0.29, 0.717) is 0 Å². The fourth-order valence-electron chi connectivity index (χ4n) is 4.93. The summed E-state index contributed by atoms with van der Waals surface area (Å²) in [5.41, 5.74) is -0.699. The molecule has 2 aromatic carbocycles. The molecule has 0 aliphatic carbocycles. The lowest BCUT2D eigenvalue weighted by Gasteiger charge is -2.45. The molecular weight excluding hydrogens is 580 g/mol. The van der Waals surface area contributed by atoms with Crippen LogP contribution in [-0.2, 0) is 14.2 Å². The van der Waals surface area contributed by atoms with Crippen LogP contribution in [0.5, 0.6) is 23.0 Å². The van der Waals surface area contributed by atoms with E-state index in [9.17, 15) is 55.9 Å². The lowest BCUT2D eigenvalue weighted by Crippen LogP contribution is -2.65. The van der Waals surface area contributed by atoms with Crippen LogP contribution in [0.3, 0.4) is 0 Å². The summed E-state index contributed by atoms with van der Waals surface area (Å²) in [6.07, 6.45) is -15.7. The zero-order valence-corrected chi connectivity index (χ0v) is 22.1. The number of phenolic OH excluding ortho intramolecular Hbond substituents is 3. The molecule has 0 radical (unpaired) electrons. The molecule has 0 bridgehead atoms. The van der Waals surface area contributed by atoms with Crippen LogP contribution in [-0.4, -0.2) is 126 Å². The molecule has 10 atom stereocenters. The zero-order chi connectivity index (χ0) is 31.2. The van der Waals surface area contributed by atoms with Crippen LogP contribution in [0.25, 0.3) is 22.1 Å². The minimum atomic E-state index is -1.87. The van der Waals surface area contributed by atoms with Crippen molar-refractivity contribution in [3.8, 4) is 34.1 Å². The first-order valence-corrected chi connectivity index (χ1v) is 13.0. The number of phenols is 3. The highest BCUT2D eigenvalue weighted by Gasteiger charge is 2.51. The molecule has 2 aliphatic heterocycles. The fraction of sp³-hybridized carbons (Fsp3) is 0.444. The van der Waals surface area contributed by atoms with Crippen LogP contribution in [0.4, 0.5) is 0 Å². The first kappa shape index (κ1) is 30.9. The minimum Gasteiger partial charge on any atom is -0.507 e. The molecule has 2 saturated heterocycles. The molecule has 0 amide bonds. The number of aliphatic hydroxyl groups excluding tert-OH is 7. The standard InChI is InChI=1S/C27H30O16/c28-6-16-20(34)22(36)24(38)26(41-16)43-25-23(37)21(35)17(7-29)42-27(25)40-10-4-14(32)18-15(5-10)39-8-11(19(18)33)9-1-2-12(30)13(31)3-9/h1-5,8,16-17,20-32,34-38H,6-7H2/t16-,17-,20-,21-,22+,23+,24+,25-,26+,27-/m1/s1. The highest BCUT2D eigenvalue weighted by Crippen LogP contribution is 2.35. The molecule has 3 aromatic rings. The minimum absolute atomic E-state index is 0.0433. The average molecular weight is 611 g/mol. The van der Waals surface area contributed by atoms with E-state index in [1.807, 2.05) is 0 Å². The smallest absolute Gasteiger partial charge is 0.229 e. The van der Waals surface area contributed by atoms with Gasteiger partial charge in [-0.1, -0.05) is 6.07 Å². The summed E-state index contributed by atoms with van der Waals surface area (Å²) < 4.78 is 27.8. The molecule has 0 spiro atoms. The fourth-order valence-corrected chi connectivity index (χ4v) is 4.93. The maximum atomic E-state index is 13.2. The van der Waals surface area contributed by atoms with Gasteiger partial charge in [-0.25, -0.2) is 0 Å². The Morgan fingerprint density at radius 2 is 1.37 bits per heavy atom. The van der Waals surface area contributed by atoms with Gasteiger partial charge in [0.05, 0.1) is 18.8 Å². The first-order chi connectivity index (χ1) is 20.4. The van der Waals surface area contributed by atoms with E-state index < -0.39 is 97.3 Å². The number of ether oxygens (including phenoxy) is 4. The lowest BCUT2D eigenvalue weighted by atomic mass is 9.97. The van der Waals surface area contributed by atoms with Gasteiger partial charge < -0.3 is 74.4 Å².